The van der Waals surface area contributed by atoms with Crippen molar-refractivity contribution in [2.45, 2.75) is 26.8 Å². The van der Waals surface area contributed by atoms with Gasteiger partial charge in [0, 0.05) is 39.0 Å². The molecule has 0 spiro atoms. The second kappa shape index (κ2) is 9.56. The Bertz CT molecular complexity index is 885. The molecule has 5 nitrogen and oxygen atoms in total. The molecule has 0 atom stereocenters. The molecular formula is C20H26IN5. The summed E-state index contributed by atoms with van der Waals surface area (Å²) >= 11 is 0. The highest BCUT2D eigenvalue weighted by molar-refractivity contribution is 14.0. The molecule has 0 amide bonds. The number of nitrogens with zero attached hydrogens (tertiary/aromatic N) is 3. The number of fused-ring (bicyclic) bond motifs is 1. The Morgan fingerprint density at radius 2 is 1.85 bits per heavy atom. The van der Waals surface area contributed by atoms with Crippen molar-refractivity contribution >= 4 is 35.6 Å². The molecule has 0 saturated heterocycles. The number of guanidine groups is 1. The van der Waals surface area contributed by atoms with E-state index in [1.54, 1.807) is 7.05 Å². The fourth-order valence-electron chi connectivity index (χ4n) is 2.84. The molecule has 26 heavy (non-hydrogen) atoms. The van der Waals surface area contributed by atoms with E-state index < -0.39 is 0 Å². The molecule has 0 bridgehead atoms. The highest BCUT2D eigenvalue weighted by atomic mass is 127. The van der Waals surface area contributed by atoms with Crippen molar-refractivity contribution in [2.75, 3.05) is 13.6 Å². The normalized spacial score (nSPS) is 11.3. The zero-order valence-electron chi connectivity index (χ0n) is 15.5. The first-order valence-corrected chi connectivity index (χ1v) is 8.59. The van der Waals surface area contributed by atoms with Crippen LogP contribution >= 0.6 is 24.0 Å². The number of nitrogens with one attached hydrogen (secondary N) is 2. The van der Waals surface area contributed by atoms with Crippen LogP contribution in [-0.4, -0.2) is 28.9 Å². The first-order chi connectivity index (χ1) is 12.2. The molecule has 1 aromatic carbocycles. The van der Waals surface area contributed by atoms with Crippen molar-refractivity contribution in [3.05, 3.63) is 71.2 Å². The van der Waals surface area contributed by atoms with Gasteiger partial charge in [-0.15, -0.1) is 24.0 Å². The number of imidazole rings is 1. The molecule has 2 aromatic heterocycles. The monoisotopic (exact) mass is 463 g/mol. The van der Waals surface area contributed by atoms with Crippen LogP contribution in [-0.2, 0) is 13.0 Å². The quantitative estimate of drug-likeness (QED) is 0.346. The first-order valence-electron chi connectivity index (χ1n) is 8.59. The number of benzene rings is 1. The highest BCUT2D eigenvalue weighted by Crippen LogP contribution is 2.10. The van der Waals surface area contributed by atoms with E-state index in [2.05, 4.69) is 70.4 Å². The van der Waals surface area contributed by atoms with Gasteiger partial charge in [-0.1, -0.05) is 30.3 Å². The van der Waals surface area contributed by atoms with Gasteiger partial charge in [0.05, 0.1) is 5.69 Å². The summed E-state index contributed by atoms with van der Waals surface area (Å²) in [5.74, 6) is 0.809. The lowest BCUT2D eigenvalue weighted by Gasteiger charge is -2.12. The van der Waals surface area contributed by atoms with Crippen LogP contribution in [0.15, 0.2) is 53.8 Å². The number of pyridine rings is 1. The summed E-state index contributed by atoms with van der Waals surface area (Å²) in [6.45, 7) is 5.76. The molecule has 2 heterocycles. The van der Waals surface area contributed by atoms with E-state index in [0.29, 0.717) is 0 Å². The Morgan fingerprint density at radius 1 is 1.08 bits per heavy atom. The molecule has 3 aromatic rings. The van der Waals surface area contributed by atoms with E-state index in [1.807, 2.05) is 12.3 Å². The van der Waals surface area contributed by atoms with Gasteiger partial charge in [0.25, 0.3) is 0 Å². The number of aliphatic imine (C=N–C) groups is 1. The summed E-state index contributed by atoms with van der Waals surface area (Å²) in [4.78, 5) is 8.99. The van der Waals surface area contributed by atoms with Crippen LogP contribution in [0.25, 0.3) is 5.65 Å². The van der Waals surface area contributed by atoms with Gasteiger partial charge in [-0.25, -0.2) is 4.98 Å². The minimum absolute atomic E-state index is 0. The summed E-state index contributed by atoms with van der Waals surface area (Å²) in [5, 5.41) is 6.72. The number of hydrogen-bond acceptors (Lipinski definition) is 2. The topological polar surface area (TPSA) is 53.7 Å². The lowest BCUT2D eigenvalue weighted by molar-refractivity contribution is 0.785. The predicted octanol–water partition coefficient (Wildman–Crippen LogP) is 3.48. The van der Waals surface area contributed by atoms with Crippen molar-refractivity contribution in [1.82, 2.24) is 20.0 Å². The SMILES string of the molecule is CN=C(NCCc1cn2cccc(C)c2n1)NCc1ccccc1C.I. The van der Waals surface area contributed by atoms with E-state index in [0.717, 1.165) is 36.8 Å². The largest absolute Gasteiger partial charge is 0.356 e. The second-order valence-electron chi connectivity index (χ2n) is 6.18. The Morgan fingerprint density at radius 3 is 2.58 bits per heavy atom. The Balaban J connectivity index is 0.00000243. The van der Waals surface area contributed by atoms with Crippen LogP contribution < -0.4 is 10.6 Å². The van der Waals surface area contributed by atoms with Gasteiger partial charge in [0.2, 0.25) is 0 Å². The van der Waals surface area contributed by atoms with E-state index in [4.69, 9.17) is 4.98 Å². The highest BCUT2D eigenvalue weighted by Gasteiger charge is 2.05. The molecule has 0 fully saturated rings. The maximum absolute atomic E-state index is 4.70. The van der Waals surface area contributed by atoms with Crippen LogP contribution in [0.4, 0.5) is 0 Å². The molecule has 2 N–H and O–H groups in total. The van der Waals surface area contributed by atoms with Gasteiger partial charge < -0.3 is 15.0 Å². The molecule has 0 saturated carbocycles. The molecule has 0 aliphatic carbocycles. The third kappa shape index (κ3) is 4.97. The first kappa shape index (κ1) is 20.2. The van der Waals surface area contributed by atoms with Crippen molar-refractivity contribution in [1.29, 1.82) is 0 Å². The minimum atomic E-state index is 0. The molecule has 138 valence electrons. The van der Waals surface area contributed by atoms with Gasteiger partial charge in [-0.3, -0.25) is 4.99 Å². The lowest BCUT2D eigenvalue weighted by Crippen LogP contribution is -2.38. The van der Waals surface area contributed by atoms with E-state index >= 15 is 0 Å². The van der Waals surface area contributed by atoms with Crippen LogP contribution in [0, 0.1) is 13.8 Å². The summed E-state index contributed by atoms with van der Waals surface area (Å²) in [5.41, 5.74) is 5.86. The molecule has 0 unspecified atom stereocenters. The van der Waals surface area contributed by atoms with Crippen LogP contribution in [0.5, 0.6) is 0 Å². The molecule has 3 rings (SSSR count). The fraction of sp³-hybridized carbons (Fsp3) is 0.300. The van der Waals surface area contributed by atoms with Gasteiger partial charge in [-0.05, 0) is 36.6 Å². The summed E-state index contributed by atoms with van der Waals surface area (Å²) in [6, 6.07) is 12.5. The third-order valence-corrected chi connectivity index (χ3v) is 4.33. The fourth-order valence-corrected chi connectivity index (χ4v) is 2.84. The number of aromatic nitrogens is 2. The van der Waals surface area contributed by atoms with Gasteiger partial charge in [0.15, 0.2) is 5.96 Å². The van der Waals surface area contributed by atoms with Crippen molar-refractivity contribution in [2.24, 2.45) is 4.99 Å². The molecule has 0 aliphatic rings. The molecule has 0 aliphatic heterocycles. The van der Waals surface area contributed by atoms with E-state index in [9.17, 15) is 0 Å². The number of rotatable bonds is 5. The number of hydrogen-bond donors (Lipinski definition) is 2. The Hall–Kier alpha value is -2.09. The Labute approximate surface area is 172 Å². The zero-order chi connectivity index (χ0) is 17.6. The van der Waals surface area contributed by atoms with Gasteiger partial charge in [0.1, 0.15) is 5.65 Å². The second-order valence-corrected chi connectivity index (χ2v) is 6.18. The maximum Gasteiger partial charge on any atom is 0.191 e. The number of halogens is 1. The van der Waals surface area contributed by atoms with E-state index in [1.165, 1.54) is 16.7 Å². The summed E-state index contributed by atoms with van der Waals surface area (Å²) in [6.07, 6.45) is 4.98. The zero-order valence-corrected chi connectivity index (χ0v) is 17.8. The van der Waals surface area contributed by atoms with Crippen LogP contribution in [0.2, 0.25) is 0 Å². The Kier molecular flexibility index (Phi) is 7.44. The standard InChI is InChI=1S/C20H25N5.HI/c1-15-7-4-5-9-17(15)13-23-20(21-3)22-11-10-18-14-25-12-6-8-16(2)19(25)24-18;/h4-9,12,14H,10-11,13H2,1-3H3,(H2,21,22,23);1H. The van der Waals surface area contributed by atoms with Crippen molar-refractivity contribution in [3.8, 4) is 0 Å². The summed E-state index contributed by atoms with van der Waals surface area (Å²) < 4.78 is 2.08. The van der Waals surface area contributed by atoms with Crippen molar-refractivity contribution < 1.29 is 0 Å². The van der Waals surface area contributed by atoms with Crippen LogP contribution in [0.1, 0.15) is 22.4 Å². The smallest absolute Gasteiger partial charge is 0.191 e. The number of aryl methyl sites for hydroxylation is 2. The van der Waals surface area contributed by atoms with Crippen LogP contribution in [0.3, 0.4) is 0 Å². The summed E-state index contributed by atoms with van der Waals surface area (Å²) in [7, 11) is 1.79. The van der Waals surface area contributed by atoms with Gasteiger partial charge in [-0.2, -0.15) is 0 Å². The maximum atomic E-state index is 4.70. The predicted molar refractivity (Wildman–Crippen MR) is 118 cm³/mol. The molecule has 6 heteroatoms. The van der Waals surface area contributed by atoms with Crippen molar-refractivity contribution in [3.63, 3.8) is 0 Å². The minimum Gasteiger partial charge on any atom is -0.356 e. The average Bonchev–Trinajstić information content (AvgIpc) is 3.03. The van der Waals surface area contributed by atoms with Gasteiger partial charge >= 0.3 is 0 Å². The van der Waals surface area contributed by atoms with E-state index in [-0.39, 0.29) is 24.0 Å². The lowest BCUT2D eigenvalue weighted by atomic mass is 10.1. The average molecular weight is 463 g/mol. The third-order valence-electron chi connectivity index (χ3n) is 4.33. The molecular weight excluding hydrogens is 437 g/mol. The molecule has 0 radical (unpaired) electrons.